The van der Waals surface area contributed by atoms with Crippen molar-refractivity contribution in [2.24, 2.45) is 0 Å². The Balaban J connectivity index is 2.05. The lowest BCUT2D eigenvalue weighted by molar-refractivity contribution is -0.136. The van der Waals surface area contributed by atoms with Crippen LogP contribution in [0.1, 0.15) is 31.2 Å². The first-order valence-corrected chi connectivity index (χ1v) is 8.16. The Morgan fingerprint density at radius 3 is 2.57 bits per heavy atom. The number of pyridine rings is 1. The highest BCUT2D eigenvalue weighted by molar-refractivity contribution is 7.10. The Kier molecular flexibility index (Phi) is 5.12. The molecular weight excluding hydrogens is 280 g/mol. The third-order valence-corrected chi connectivity index (χ3v) is 4.95. The second-order valence-electron chi connectivity index (χ2n) is 5.59. The number of carbonyl (C=O) groups excluding carboxylic acids is 1. The molecule has 3 nitrogen and oxygen atoms in total. The zero-order valence-corrected chi connectivity index (χ0v) is 13.7. The van der Waals surface area contributed by atoms with Crippen LogP contribution < -0.4 is 0 Å². The number of hydrogen-bond acceptors (Lipinski definition) is 3. The number of likely N-dealkylation sites (N-methyl/N-ethyl adjacent to an activating group) is 1. The molecule has 0 N–H and O–H groups in total. The van der Waals surface area contributed by atoms with Crippen LogP contribution in [0.5, 0.6) is 0 Å². The quantitative estimate of drug-likeness (QED) is 0.818. The van der Waals surface area contributed by atoms with Crippen LogP contribution in [0.15, 0.2) is 42.0 Å². The maximum atomic E-state index is 12.8. The second-order valence-corrected chi connectivity index (χ2v) is 6.54. The van der Waals surface area contributed by atoms with Gasteiger partial charge in [-0.2, -0.15) is 0 Å². The number of aromatic nitrogens is 1. The van der Waals surface area contributed by atoms with Gasteiger partial charge in [0.2, 0.25) is 5.91 Å². The van der Waals surface area contributed by atoms with Crippen LogP contribution in [0.2, 0.25) is 0 Å². The molecule has 2 aromatic heterocycles. The SMILES string of the molecule is CCN(CCc1ccncc1)C(=O)C(C)(C)c1cccs1. The van der Waals surface area contributed by atoms with Crippen molar-refractivity contribution in [3.63, 3.8) is 0 Å². The Morgan fingerprint density at radius 2 is 2.00 bits per heavy atom. The van der Waals surface area contributed by atoms with Crippen molar-refractivity contribution in [3.8, 4) is 0 Å². The number of nitrogens with zero attached hydrogens (tertiary/aromatic N) is 2. The summed E-state index contributed by atoms with van der Waals surface area (Å²) in [6.45, 7) is 7.54. The van der Waals surface area contributed by atoms with Crippen LogP contribution in [0.3, 0.4) is 0 Å². The maximum absolute atomic E-state index is 12.8. The molecule has 0 aromatic carbocycles. The van der Waals surface area contributed by atoms with E-state index in [2.05, 4.69) is 4.98 Å². The summed E-state index contributed by atoms with van der Waals surface area (Å²) < 4.78 is 0. The third kappa shape index (κ3) is 3.70. The molecule has 0 aliphatic heterocycles. The van der Waals surface area contributed by atoms with Crippen LogP contribution in [-0.4, -0.2) is 28.9 Å². The fourth-order valence-corrected chi connectivity index (χ4v) is 3.19. The normalized spacial score (nSPS) is 11.4. The van der Waals surface area contributed by atoms with E-state index in [0.29, 0.717) is 0 Å². The molecule has 4 heteroatoms. The van der Waals surface area contributed by atoms with Gasteiger partial charge in [-0.3, -0.25) is 9.78 Å². The van der Waals surface area contributed by atoms with E-state index >= 15 is 0 Å². The summed E-state index contributed by atoms with van der Waals surface area (Å²) in [6, 6.07) is 8.05. The largest absolute Gasteiger partial charge is 0.342 e. The average molecular weight is 302 g/mol. The summed E-state index contributed by atoms with van der Waals surface area (Å²) in [5.74, 6) is 0.196. The minimum absolute atomic E-state index is 0.196. The van der Waals surface area contributed by atoms with E-state index in [1.165, 1.54) is 5.56 Å². The molecule has 0 bridgehead atoms. The Morgan fingerprint density at radius 1 is 1.29 bits per heavy atom. The van der Waals surface area contributed by atoms with Crippen LogP contribution in [0.4, 0.5) is 0 Å². The fourth-order valence-electron chi connectivity index (χ4n) is 2.35. The molecule has 21 heavy (non-hydrogen) atoms. The molecule has 1 amide bonds. The maximum Gasteiger partial charge on any atom is 0.233 e. The molecule has 2 aromatic rings. The molecule has 2 rings (SSSR count). The molecular formula is C17H22N2OS. The Labute approximate surface area is 130 Å². The van der Waals surface area contributed by atoms with Gasteiger partial charge in [-0.1, -0.05) is 6.07 Å². The highest BCUT2D eigenvalue weighted by Gasteiger charge is 2.33. The first kappa shape index (κ1) is 15.7. The summed E-state index contributed by atoms with van der Waals surface area (Å²) in [5, 5.41) is 2.03. The van der Waals surface area contributed by atoms with E-state index in [0.717, 1.165) is 24.4 Å². The van der Waals surface area contributed by atoms with Crippen molar-refractivity contribution in [3.05, 3.63) is 52.5 Å². The van der Waals surface area contributed by atoms with Crippen LogP contribution in [0, 0.1) is 0 Å². The summed E-state index contributed by atoms with van der Waals surface area (Å²) in [6.07, 6.45) is 4.45. The van der Waals surface area contributed by atoms with Crippen molar-refractivity contribution in [1.29, 1.82) is 0 Å². The highest BCUT2D eigenvalue weighted by Crippen LogP contribution is 2.29. The number of hydrogen-bond donors (Lipinski definition) is 0. The van der Waals surface area contributed by atoms with Gasteiger partial charge in [-0.25, -0.2) is 0 Å². The average Bonchev–Trinajstić information content (AvgIpc) is 3.03. The molecule has 0 atom stereocenters. The van der Waals surface area contributed by atoms with Crippen molar-refractivity contribution < 1.29 is 4.79 Å². The molecule has 0 fully saturated rings. The van der Waals surface area contributed by atoms with Crippen molar-refractivity contribution >= 4 is 17.2 Å². The molecule has 0 aliphatic carbocycles. The lowest BCUT2D eigenvalue weighted by Crippen LogP contribution is -2.43. The summed E-state index contributed by atoms with van der Waals surface area (Å²) in [4.78, 5) is 19.9. The van der Waals surface area contributed by atoms with Gasteiger partial charge < -0.3 is 4.90 Å². The first-order valence-electron chi connectivity index (χ1n) is 7.28. The van der Waals surface area contributed by atoms with Crippen molar-refractivity contribution in [2.75, 3.05) is 13.1 Å². The van der Waals surface area contributed by atoms with E-state index in [9.17, 15) is 4.79 Å². The van der Waals surface area contributed by atoms with E-state index in [1.807, 2.05) is 55.3 Å². The van der Waals surface area contributed by atoms with Crippen molar-refractivity contribution in [1.82, 2.24) is 9.88 Å². The molecule has 0 aliphatic rings. The molecule has 0 saturated heterocycles. The zero-order chi connectivity index (χ0) is 15.3. The van der Waals surface area contributed by atoms with E-state index in [4.69, 9.17) is 0 Å². The molecule has 0 radical (unpaired) electrons. The van der Waals surface area contributed by atoms with Gasteiger partial charge in [-0.15, -0.1) is 11.3 Å². The number of amides is 1. The van der Waals surface area contributed by atoms with Gasteiger partial charge in [0.25, 0.3) is 0 Å². The monoisotopic (exact) mass is 302 g/mol. The summed E-state index contributed by atoms with van der Waals surface area (Å²) in [7, 11) is 0. The second kappa shape index (κ2) is 6.85. The predicted octanol–water partition coefficient (Wildman–Crippen LogP) is 3.51. The number of carbonyl (C=O) groups is 1. The number of thiophene rings is 1. The standard InChI is InChI=1S/C17H22N2OS/c1-4-19(12-9-14-7-10-18-11-8-14)16(20)17(2,3)15-6-5-13-21-15/h5-8,10-11,13H,4,9,12H2,1-3H3. The summed E-state index contributed by atoms with van der Waals surface area (Å²) in [5.41, 5.74) is 0.757. The van der Waals surface area contributed by atoms with Gasteiger partial charge in [0.15, 0.2) is 0 Å². The topological polar surface area (TPSA) is 33.2 Å². The van der Waals surface area contributed by atoms with Gasteiger partial charge in [0.05, 0.1) is 5.41 Å². The Hall–Kier alpha value is -1.68. The van der Waals surface area contributed by atoms with Crippen LogP contribution >= 0.6 is 11.3 Å². The van der Waals surface area contributed by atoms with Gasteiger partial charge in [-0.05, 0) is 56.3 Å². The highest BCUT2D eigenvalue weighted by atomic mass is 32.1. The lowest BCUT2D eigenvalue weighted by atomic mass is 9.89. The molecule has 0 unspecified atom stereocenters. The van der Waals surface area contributed by atoms with E-state index in [1.54, 1.807) is 23.7 Å². The molecule has 112 valence electrons. The van der Waals surface area contributed by atoms with Crippen molar-refractivity contribution in [2.45, 2.75) is 32.6 Å². The number of rotatable bonds is 6. The molecule has 0 spiro atoms. The lowest BCUT2D eigenvalue weighted by Gasteiger charge is -2.30. The first-order chi connectivity index (χ1) is 10.1. The van der Waals surface area contributed by atoms with E-state index < -0.39 is 5.41 Å². The minimum Gasteiger partial charge on any atom is -0.342 e. The summed E-state index contributed by atoms with van der Waals surface area (Å²) >= 11 is 1.64. The third-order valence-electron chi connectivity index (χ3n) is 3.76. The van der Waals surface area contributed by atoms with Crippen LogP contribution in [-0.2, 0) is 16.6 Å². The molecule has 2 heterocycles. The predicted molar refractivity (Wildman–Crippen MR) is 87.5 cm³/mol. The molecule has 0 saturated carbocycles. The fraction of sp³-hybridized carbons (Fsp3) is 0.412. The van der Waals surface area contributed by atoms with E-state index in [-0.39, 0.29) is 5.91 Å². The van der Waals surface area contributed by atoms with Gasteiger partial charge in [0.1, 0.15) is 0 Å². The Bertz CT molecular complexity index is 564. The zero-order valence-electron chi connectivity index (χ0n) is 12.9. The van der Waals surface area contributed by atoms with Gasteiger partial charge in [0, 0.05) is 30.4 Å². The smallest absolute Gasteiger partial charge is 0.233 e. The van der Waals surface area contributed by atoms with Crippen LogP contribution in [0.25, 0.3) is 0 Å². The minimum atomic E-state index is -0.456. The van der Waals surface area contributed by atoms with Gasteiger partial charge >= 0.3 is 0 Å².